The molecule has 1 heterocycles. The largest absolute Gasteiger partial charge is 0.338 e. The minimum Gasteiger partial charge on any atom is -0.338 e. The molecule has 4 nitrogen and oxygen atoms in total. The quantitative estimate of drug-likeness (QED) is 0.900. The van der Waals surface area contributed by atoms with Crippen LogP contribution in [0, 0.1) is 0 Å². The molecule has 1 saturated carbocycles. The van der Waals surface area contributed by atoms with Gasteiger partial charge in [0.05, 0.1) is 0 Å². The zero-order chi connectivity index (χ0) is 12.6. The van der Waals surface area contributed by atoms with E-state index in [9.17, 15) is 0 Å². The molecular weight excluding hydrogens is 226 g/mol. The molecule has 1 fully saturated rings. The molecule has 0 atom stereocenters. The maximum absolute atomic E-state index is 5.58. The first-order valence-electron chi connectivity index (χ1n) is 6.35. The summed E-state index contributed by atoms with van der Waals surface area (Å²) in [6.45, 7) is 2.74. The van der Waals surface area contributed by atoms with E-state index in [1.165, 1.54) is 6.42 Å². The normalized spacial score (nSPS) is 17.4. The summed E-state index contributed by atoms with van der Waals surface area (Å²) in [5.41, 5.74) is 7.76. The fraction of sp³-hybridized carbons (Fsp3) is 0.429. The monoisotopic (exact) mass is 243 g/mol. The standard InChI is InChI=1S/C14H17N3O/c1-14(7-2-8-14)13-16-12(17-18-13)11-5-3-10(9-15)4-6-11/h3-6H,2,7-9,15H2,1H3. The van der Waals surface area contributed by atoms with Crippen molar-refractivity contribution in [1.82, 2.24) is 10.1 Å². The molecule has 0 spiro atoms. The summed E-state index contributed by atoms with van der Waals surface area (Å²) < 4.78 is 5.40. The van der Waals surface area contributed by atoms with E-state index < -0.39 is 0 Å². The fourth-order valence-electron chi connectivity index (χ4n) is 2.30. The van der Waals surface area contributed by atoms with Crippen molar-refractivity contribution < 1.29 is 4.52 Å². The molecular formula is C14H17N3O. The number of hydrogen-bond acceptors (Lipinski definition) is 4. The van der Waals surface area contributed by atoms with E-state index in [2.05, 4.69) is 17.1 Å². The minimum absolute atomic E-state index is 0.0997. The number of benzene rings is 1. The van der Waals surface area contributed by atoms with Gasteiger partial charge in [0.25, 0.3) is 0 Å². The first-order valence-corrected chi connectivity index (χ1v) is 6.35. The second-order valence-corrected chi connectivity index (χ2v) is 5.24. The summed E-state index contributed by atoms with van der Waals surface area (Å²) in [4.78, 5) is 4.52. The van der Waals surface area contributed by atoms with Crippen LogP contribution in [0.5, 0.6) is 0 Å². The molecule has 2 aromatic rings. The van der Waals surface area contributed by atoms with Crippen LogP contribution in [0.4, 0.5) is 0 Å². The number of aromatic nitrogens is 2. The Labute approximate surface area is 106 Å². The molecule has 0 aliphatic heterocycles. The molecule has 18 heavy (non-hydrogen) atoms. The van der Waals surface area contributed by atoms with Gasteiger partial charge in [0.2, 0.25) is 11.7 Å². The summed E-state index contributed by atoms with van der Waals surface area (Å²) in [7, 11) is 0. The van der Waals surface area contributed by atoms with Gasteiger partial charge in [-0.2, -0.15) is 4.98 Å². The Kier molecular flexibility index (Phi) is 2.67. The van der Waals surface area contributed by atoms with E-state index >= 15 is 0 Å². The molecule has 0 bridgehead atoms. The van der Waals surface area contributed by atoms with Crippen LogP contribution in [0.3, 0.4) is 0 Å². The summed E-state index contributed by atoms with van der Waals surface area (Å²) in [5, 5.41) is 4.07. The average Bonchev–Trinajstić information content (AvgIpc) is 2.86. The second kappa shape index (κ2) is 4.21. The molecule has 0 saturated heterocycles. The molecule has 1 aliphatic rings. The van der Waals surface area contributed by atoms with E-state index in [1.807, 2.05) is 24.3 Å². The van der Waals surface area contributed by atoms with E-state index in [0.717, 1.165) is 29.9 Å². The van der Waals surface area contributed by atoms with Crippen molar-refractivity contribution in [2.75, 3.05) is 0 Å². The Balaban J connectivity index is 1.88. The Hall–Kier alpha value is -1.68. The Morgan fingerprint density at radius 2 is 2.00 bits per heavy atom. The van der Waals surface area contributed by atoms with Gasteiger partial charge in [0, 0.05) is 17.5 Å². The molecule has 1 aromatic carbocycles. The summed E-state index contributed by atoms with van der Waals surface area (Å²) >= 11 is 0. The van der Waals surface area contributed by atoms with Crippen molar-refractivity contribution in [3.05, 3.63) is 35.7 Å². The molecule has 2 N–H and O–H groups in total. The minimum atomic E-state index is 0.0997. The highest BCUT2D eigenvalue weighted by Gasteiger charge is 2.39. The highest BCUT2D eigenvalue weighted by molar-refractivity contribution is 5.54. The highest BCUT2D eigenvalue weighted by Crippen LogP contribution is 2.42. The Morgan fingerprint density at radius 3 is 2.56 bits per heavy atom. The predicted molar refractivity (Wildman–Crippen MR) is 68.8 cm³/mol. The first kappa shape index (κ1) is 11.4. The van der Waals surface area contributed by atoms with Gasteiger partial charge in [0.1, 0.15) is 0 Å². The van der Waals surface area contributed by atoms with Crippen LogP contribution in [0.1, 0.15) is 37.6 Å². The third-order valence-corrected chi connectivity index (χ3v) is 3.85. The van der Waals surface area contributed by atoms with Crippen LogP contribution in [-0.2, 0) is 12.0 Å². The van der Waals surface area contributed by atoms with Crippen LogP contribution in [0.15, 0.2) is 28.8 Å². The van der Waals surface area contributed by atoms with Gasteiger partial charge in [-0.05, 0) is 18.4 Å². The van der Waals surface area contributed by atoms with Crippen LogP contribution in [0.2, 0.25) is 0 Å². The summed E-state index contributed by atoms with van der Waals surface area (Å²) in [6, 6.07) is 7.97. The molecule has 0 amide bonds. The molecule has 0 unspecified atom stereocenters. The van der Waals surface area contributed by atoms with Crippen LogP contribution in [0.25, 0.3) is 11.4 Å². The highest BCUT2D eigenvalue weighted by atomic mass is 16.5. The summed E-state index contributed by atoms with van der Waals surface area (Å²) in [6.07, 6.45) is 3.53. The number of hydrogen-bond donors (Lipinski definition) is 1. The van der Waals surface area contributed by atoms with Crippen molar-refractivity contribution >= 4 is 0 Å². The smallest absolute Gasteiger partial charge is 0.232 e. The first-order chi connectivity index (χ1) is 8.71. The second-order valence-electron chi connectivity index (χ2n) is 5.24. The fourth-order valence-corrected chi connectivity index (χ4v) is 2.30. The van der Waals surface area contributed by atoms with Gasteiger partial charge in [-0.15, -0.1) is 0 Å². The molecule has 1 aliphatic carbocycles. The van der Waals surface area contributed by atoms with Crippen LogP contribution < -0.4 is 5.73 Å². The van der Waals surface area contributed by atoms with Gasteiger partial charge in [-0.25, -0.2) is 0 Å². The van der Waals surface area contributed by atoms with Crippen LogP contribution >= 0.6 is 0 Å². The SMILES string of the molecule is CC1(c2nc(-c3ccc(CN)cc3)no2)CCC1. The lowest BCUT2D eigenvalue weighted by Crippen LogP contribution is -2.30. The maximum Gasteiger partial charge on any atom is 0.232 e. The topological polar surface area (TPSA) is 64.9 Å². The molecule has 94 valence electrons. The molecule has 4 heteroatoms. The lowest BCUT2D eigenvalue weighted by molar-refractivity contribution is 0.195. The Morgan fingerprint density at radius 1 is 1.28 bits per heavy atom. The molecule has 3 rings (SSSR count). The lowest BCUT2D eigenvalue weighted by Gasteiger charge is -2.34. The van der Waals surface area contributed by atoms with Crippen molar-refractivity contribution in [3.63, 3.8) is 0 Å². The number of nitrogens with two attached hydrogens (primary N) is 1. The summed E-state index contributed by atoms with van der Waals surface area (Å²) in [5.74, 6) is 1.44. The zero-order valence-corrected chi connectivity index (χ0v) is 10.5. The van der Waals surface area contributed by atoms with E-state index in [4.69, 9.17) is 10.3 Å². The third-order valence-electron chi connectivity index (χ3n) is 3.85. The number of nitrogens with zero attached hydrogens (tertiary/aromatic N) is 2. The van der Waals surface area contributed by atoms with Crippen LogP contribution in [-0.4, -0.2) is 10.1 Å². The zero-order valence-electron chi connectivity index (χ0n) is 10.5. The maximum atomic E-state index is 5.58. The van der Waals surface area contributed by atoms with E-state index in [-0.39, 0.29) is 5.41 Å². The van der Waals surface area contributed by atoms with Crippen molar-refractivity contribution in [3.8, 4) is 11.4 Å². The van der Waals surface area contributed by atoms with Gasteiger partial charge in [-0.1, -0.05) is 42.8 Å². The lowest BCUT2D eigenvalue weighted by atomic mass is 9.70. The third kappa shape index (κ3) is 1.82. The number of rotatable bonds is 3. The molecule has 0 radical (unpaired) electrons. The van der Waals surface area contributed by atoms with Crippen molar-refractivity contribution in [1.29, 1.82) is 0 Å². The van der Waals surface area contributed by atoms with E-state index in [1.54, 1.807) is 0 Å². The van der Waals surface area contributed by atoms with Gasteiger partial charge in [-0.3, -0.25) is 0 Å². The average molecular weight is 243 g/mol. The molecule has 1 aromatic heterocycles. The van der Waals surface area contributed by atoms with Gasteiger partial charge < -0.3 is 10.3 Å². The van der Waals surface area contributed by atoms with Crippen molar-refractivity contribution in [2.45, 2.75) is 38.1 Å². The van der Waals surface area contributed by atoms with Crippen molar-refractivity contribution in [2.24, 2.45) is 5.73 Å². The predicted octanol–water partition coefficient (Wildman–Crippen LogP) is 2.64. The Bertz CT molecular complexity index is 540. The van der Waals surface area contributed by atoms with Gasteiger partial charge in [0.15, 0.2) is 0 Å². The van der Waals surface area contributed by atoms with E-state index in [0.29, 0.717) is 12.4 Å². The van der Waals surface area contributed by atoms with Gasteiger partial charge >= 0.3 is 0 Å².